The molecule has 0 saturated carbocycles. The zero-order valence-corrected chi connectivity index (χ0v) is 15.7. The Bertz CT molecular complexity index is 1290. The summed E-state index contributed by atoms with van der Waals surface area (Å²) in [6.45, 7) is 1.51. The van der Waals surface area contributed by atoms with Gasteiger partial charge in [0.15, 0.2) is 17.1 Å². The lowest BCUT2D eigenvalue weighted by molar-refractivity contribution is 0.0723. The number of H-pyrrole nitrogens is 1. The van der Waals surface area contributed by atoms with Crippen molar-refractivity contribution in [3.05, 3.63) is 66.0 Å². The number of nitrogen functional groups attached to an aromatic ring is 1. The highest BCUT2D eigenvalue weighted by molar-refractivity contribution is 6.02. The van der Waals surface area contributed by atoms with E-state index >= 15 is 0 Å². The number of hydrogen-bond acceptors (Lipinski definition) is 9. The van der Waals surface area contributed by atoms with E-state index in [2.05, 4.69) is 42.0 Å². The molecule has 0 fully saturated rings. The molecule has 10 heteroatoms. The molecule has 1 unspecified atom stereocenters. The summed E-state index contributed by atoms with van der Waals surface area (Å²) in [6.07, 6.45) is 4.45. The van der Waals surface area contributed by atoms with Crippen LogP contribution >= 0.6 is 0 Å². The zero-order chi connectivity index (χ0) is 21.1. The minimum Gasteiger partial charge on any atom is -0.402 e. The summed E-state index contributed by atoms with van der Waals surface area (Å²) in [5.74, 6) is 5.17. The first-order chi connectivity index (χ1) is 14.4. The summed E-state index contributed by atoms with van der Waals surface area (Å²) in [5, 5.41) is 17.8. The van der Waals surface area contributed by atoms with Crippen LogP contribution in [0.3, 0.4) is 0 Å². The van der Waals surface area contributed by atoms with Gasteiger partial charge in [-0.1, -0.05) is 11.8 Å². The third-order valence-electron chi connectivity index (χ3n) is 4.05. The lowest BCUT2D eigenvalue weighted by Crippen LogP contribution is -2.21. The molecule has 0 aliphatic rings. The fourth-order valence-corrected chi connectivity index (χ4v) is 2.61. The number of carbonyl (C=O) groups is 1. The molecule has 3 heterocycles. The van der Waals surface area contributed by atoms with Crippen LogP contribution in [0.25, 0.3) is 10.9 Å². The molecule has 0 amide bonds. The average Bonchev–Trinajstić information content (AvgIpc) is 3.16. The van der Waals surface area contributed by atoms with Gasteiger partial charge >= 0.3 is 5.97 Å². The lowest BCUT2D eigenvalue weighted by atomic mass is 10.1. The minimum absolute atomic E-state index is 0.00723. The van der Waals surface area contributed by atoms with Crippen LogP contribution in [0, 0.1) is 11.8 Å². The van der Waals surface area contributed by atoms with Crippen molar-refractivity contribution in [3.8, 4) is 17.7 Å². The number of nitrogens with one attached hydrogen (secondary N) is 1. The van der Waals surface area contributed by atoms with E-state index in [4.69, 9.17) is 10.5 Å². The van der Waals surface area contributed by atoms with Crippen LogP contribution in [-0.2, 0) is 5.60 Å². The Morgan fingerprint density at radius 3 is 2.77 bits per heavy atom. The second-order valence-electron chi connectivity index (χ2n) is 6.37. The van der Waals surface area contributed by atoms with Gasteiger partial charge in [-0.15, -0.1) is 0 Å². The fraction of sp³-hybridized carbons (Fsp3) is 0.100. The number of nitrogens with zero attached hydrogens (tertiary/aromatic N) is 5. The van der Waals surface area contributed by atoms with Crippen LogP contribution in [0.1, 0.15) is 28.8 Å². The van der Waals surface area contributed by atoms with Crippen LogP contribution in [-0.4, -0.2) is 41.2 Å². The van der Waals surface area contributed by atoms with Gasteiger partial charge in [0.25, 0.3) is 0 Å². The zero-order valence-electron chi connectivity index (χ0n) is 15.7. The van der Waals surface area contributed by atoms with Gasteiger partial charge in [-0.25, -0.2) is 19.7 Å². The van der Waals surface area contributed by atoms with E-state index in [0.717, 1.165) is 0 Å². The quantitative estimate of drug-likeness (QED) is 0.339. The van der Waals surface area contributed by atoms with Crippen LogP contribution < -0.4 is 10.5 Å². The van der Waals surface area contributed by atoms with E-state index in [9.17, 15) is 9.90 Å². The highest BCUT2D eigenvalue weighted by atomic mass is 16.5. The van der Waals surface area contributed by atoms with Gasteiger partial charge < -0.3 is 15.6 Å². The monoisotopic (exact) mass is 401 g/mol. The molecule has 0 aliphatic heterocycles. The predicted molar refractivity (Wildman–Crippen MR) is 106 cm³/mol. The number of fused-ring (bicyclic) bond motifs is 1. The Kier molecular flexibility index (Phi) is 4.79. The summed E-state index contributed by atoms with van der Waals surface area (Å²) in [5.41, 5.74) is 5.23. The molecular weight excluding hydrogens is 386 g/mol. The van der Waals surface area contributed by atoms with Crippen LogP contribution in [0.4, 0.5) is 5.95 Å². The molecule has 4 rings (SSSR count). The highest BCUT2D eigenvalue weighted by Crippen LogP contribution is 2.20. The van der Waals surface area contributed by atoms with Crippen molar-refractivity contribution in [2.45, 2.75) is 12.5 Å². The topological polar surface area (TPSA) is 153 Å². The second kappa shape index (κ2) is 7.57. The molecule has 4 N–H and O–H groups in total. The summed E-state index contributed by atoms with van der Waals surface area (Å²) in [7, 11) is 0. The SMILES string of the molecule is CC(O)(C#Cc1ccc2c(C(=O)Oc3ccnc(N)n3)n[nH]c2c1)c1ncccn1. The van der Waals surface area contributed by atoms with Crippen LogP contribution in [0.2, 0.25) is 0 Å². The molecule has 0 bridgehead atoms. The maximum absolute atomic E-state index is 12.4. The first kappa shape index (κ1) is 19.0. The van der Waals surface area contributed by atoms with Crippen molar-refractivity contribution in [1.82, 2.24) is 30.1 Å². The van der Waals surface area contributed by atoms with Crippen LogP contribution in [0.15, 0.2) is 48.9 Å². The molecule has 4 aromatic rings. The number of carbonyl (C=O) groups excluding carboxylic acids is 1. The first-order valence-corrected chi connectivity index (χ1v) is 8.74. The lowest BCUT2D eigenvalue weighted by Gasteiger charge is -2.13. The molecule has 0 aliphatic carbocycles. The van der Waals surface area contributed by atoms with Gasteiger partial charge in [0.05, 0.1) is 5.52 Å². The Hall–Kier alpha value is -4.36. The standard InChI is InChI=1S/C20H15N7O3/c1-20(29,18-22-8-2-9-23-18)7-5-12-3-4-13-14(11-12)26-27-16(13)17(28)30-15-6-10-24-19(21)25-15/h2-4,6,8-11,29H,1H3,(H,26,27)(H2,21,24,25). The molecular formula is C20H15N7O3. The second-order valence-corrected chi connectivity index (χ2v) is 6.37. The van der Waals surface area contributed by atoms with Gasteiger partial charge in [-0.05, 0) is 31.2 Å². The van der Waals surface area contributed by atoms with Crippen molar-refractivity contribution >= 4 is 22.8 Å². The van der Waals surface area contributed by atoms with Gasteiger partial charge in [-0.2, -0.15) is 10.1 Å². The number of ether oxygens (including phenoxy) is 1. The molecule has 1 atom stereocenters. The first-order valence-electron chi connectivity index (χ1n) is 8.74. The number of hydrogen-bond donors (Lipinski definition) is 3. The highest BCUT2D eigenvalue weighted by Gasteiger charge is 2.23. The molecule has 10 nitrogen and oxygen atoms in total. The van der Waals surface area contributed by atoms with Gasteiger partial charge in [0.2, 0.25) is 11.8 Å². The van der Waals surface area contributed by atoms with Crippen molar-refractivity contribution in [2.24, 2.45) is 0 Å². The van der Waals surface area contributed by atoms with Gasteiger partial charge in [0.1, 0.15) is 0 Å². The Morgan fingerprint density at radius 1 is 1.20 bits per heavy atom. The number of aliphatic hydroxyl groups is 1. The van der Waals surface area contributed by atoms with Crippen molar-refractivity contribution < 1.29 is 14.6 Å². The molecule has 0 spiro atoms. The van der Waals surface area contributed by atoms with Gasteiger partial charge in [-0.3, -0.25) is 5.10 Å². The third kappa shape index (κ3) is 3.91. The van der Waals surface area contributed by atoms with E-state index in [1.165, 1.54) is 31.6 Å². The van der Waals surface area contributed by atoms with Crippen molar-refractivity contribution in [3.63, 3.8) is 0 Å². The minimum atomic E-state index is -1.52. The molecule has 0 radical (unpaired) electrons. The van der Waals surface area contributed by atoms with E-state index in [1.54, 1.807) is 24.3 Å². The molecule has 3 aromatic heterocycles. The smallest absolute Gasteiger partial charge is 0.366 e. The fourth-order valence-electron chi connectivity index (χ4n) is 2.61. The number of benzene rings is 1. The van der Waals surface area contributed by atoms with Crippen molar-refractivity contribution in [1.29, 1.82) is 0 Å². The number of aromatic nitrogens is 6. The van der Waals surface area contributed by atoms with Gasteiger partial charge in [0, 0.05) is 35.6 Å². The predicted octanol–water partition coefficient (Wildman–Crippen LogP) is 1.20. The largest absolute Gasteiger partial charge is 0.402 e. The summed E-state index contributed by atoms with van der Waals surface area (Å²) in [6, 6.07) is 8.16. The van der Waals surface area contributed by atoms with Crippen LogP contribution in [0.5, 0.6) is 5.88 Å². The molecule has 30 heavy (non-hydrogen) atoms. The van der Waals surface area contributed by atoms with Crippen molar-refractivity contribution in [2.75, 3.05) is 5.73 Å². The Labute approximate surface area is 170 Å². The number of aromatic amines is 1. The van der Waals surface area contributed by atoms with E-state index in [1.807, 2.05) is 0 Å². The number of anilines is 1. The maximum atomic E-state index is 12.4. The normalized spacial score (nSPS) is 12.6. The maximum Gasteiger partial charge on any atom is 0.366 e. The number of rotatable bonds is 3. The average molecular weight is 401 g/mol. The number of esters is 1. The van der Waals surface area contributed by atoms with E-state index in [0.29, 0.717) is 16.5 Å². The van der Waals surface area contributed by atoms with E-state index in [-0.39, 0.29) is 23.3 Å². The third-order valence-corrected chi connectivity index (χ3v) is 4.05. The molecule has 148 valence electrons. The van der Waals surface area contributed by atoms with E-state index < -0.39 is 11.6 Å². The molecule has 0 saturated heterocycles. The summed E-state index contributed by atoms with van der Waals surface area (Å²) < 4.78 is 5.19. The summed E-state index contributed by atoms with van der Waals surface area (Å²) >= 11 is 0. The Morgan fingerprint density at radius 2 is 2.00 bits per heavy atom. The summed E-state index contributed by atoms with van der Waals surface area (Å²) in [4.78, 5) is 28.0. The Balaban J connectivity index is 1.58. The molecule has 1 aromatic carbocycles. The number of nitrogens with two attached hydrogens (primary N) is 1.